The summed E-state index contributed by atoms with van der Waals surface area (Å²) in [7, 11) is 0. The van der Waals surface area contributed by atoms with Gasteiger partial charge in [-0.15, -0.1) is 0 Å². The molecule has 0 aliphatic heterocycles. The number of rotatable bonds is 10. The standard InChI is InChI=1S/C25H25FN6O3/c26-19-9-7-17(8-10-19)15-29-24(34)21-22(33)25(35)31-23(30-21)20(18-5-2-1-3-6-18)28-11-4-13-32-14-12-27-16-32/h1-3,5-10,12,14,16,20,28,33H,4,11,13,15H2,(H,29,34)(H,30,31,35). The van der Waals surface area contributed by atoms with Crippen molar-refractivity contribution in [2.45, 2.75) is 25.6 Å². The van der Waals surface area contributed by atoms with Crippen LogP contribution in [0, 0.1) is 5.82 Å². The van der Waals surface area contributed by atoms with E-state index in [1.165, 1.54) is 24.3 Å². The number of nitrogens with one attached hydrogen (secondary N) is 2. The molecule has 2 aromatic heterocycles. The highest BCUT2D eigenvalue weighted by Crippen LogP contribution is 2.29. The predicted molar refractivity (Wildman–Crippen MR) is 126 cm³/mol. The van der Waals surface area contributed by atoms with Crippen molar-refractivity contribution in [1.29, 1.82) is 0 Å². The molecule has 1 amide bonds. The first-order valence-corrected chi connectivity index (χ1v) is 11.1. The SMILES string of the molecule is O=C(NCc1ccc(F)cc1)c1nc(C(NCCCn2ccnc2)c2ccccc2)nc(O)c1O. The number of amides is 1. The Morgan fingerprint density at radius 3 is 2.54 bits per heavy atom. The number of hydrogen-bond acceptors (Lipinski definition) is 7. The largest absolute Gasteiger partial charge is 0.501 e. The van der Waals surface area contributed by atoms with Crippen molar-refractivity contribution >= 4 is 5.91 Å². The van der Waals surface area contributed by atoms with Gasteiger partial charge in [-0.05, 0) is 36.2 Å². The summed E-state index contributed by atoms with van der Waals surface area (Å²) in [6.07, 6.45) is 6.13. The Morgan fingerprint density at radius 1 is 1.06 bits per heavy atom. The van der Waals surface area contributed by atoms with Gasteiger partial charge in [-0.3, -0.25) is 4.79 Å². The van der Waals surface area contributed by atoms with Crippen molar-refractivity contribution in [3.8, 4) is 11.6 Å². The number of imidazole rings is 1. The average Bonchev–Trinajstić information content (AvgIpc) is 3.39. The van der Waals surface area contributed by atoms with Crippen molar-refractivity contribution in [1.82, 2.24) is 30.2 Å². The van der Waals surface area contributed by atoms with Crippen LogP contribution >= 0.6 is 0 Å². The lowest BCUT2D eigenvalue weighted by atomic mass is 10.1. The summed E-state index contributed by atoms with van der Waals surface area (Å²) in [5, 5.41) is 26.6. The zero-order valence-electron chi connectivity index (χ0n) is 18.8. The number of aromatic hydroxyl groups is 2. The molecule has 10 heteroatoms. The van der Waals surface area contributed by atoms with E-state index in [9.17, 15) is 19.4 Å². The molecule has 180 valence electrons. The zero-order valence-corrected chi connectivity index (χ0v) is 18.8. The van der Waals surface area contributed by atoms with Crippen molar-refractivity contribution < 1.29 is 19.4 Å². The van der Waals surface area contributed by atoms with Crippen LogP contribution in [0.25, 0.3) is 0 Å². The van der Waals surface area contributed by atoms with Crippen molar-refractivity contribution in [2.24, 2.45) is 0 Å². The molecule has 4 rings (SSSR count). The van der Waals surface area contributed by atoms with Gasteiger partial charge in [-0.2, -0.15) is 4.98 Å². The van der Waals surface area contributed by atoms with Crippen molar-refractivity contribution in [2.75, 3.05) is 6.54 Å². The van der Waals surface area contributed by atoms with Gasteiger partial charge in [0.1, 0.15) is 5.82 Å². The summed E-state index contributed by atoms with van der Waals surface area (Å²) in [6.45, 7) is 1.44. The topological polar surface area (TPSA) is 125 Å². The summed E-state index contributed by atoms with van der Waals surface area (Å²) in [6, 6.07) is 14.5. The quantitative estimate of drug-likeness (QED) is 0.259. The molecule has 2 aromatic carbocycles. The monoisotopic (exact) mass is 476 g/mol. The molecule has 0 aliphatic carbocycles. The van der Waals surface area contributed by atoms with E-state index in [4.69, 9.17) is 0 Å². The Bertz CT molecular complexity index is 1250. The summed E-state index contributed by atoms with van der Waals surface area (Å²) in [5.41, 5.74) is 1.15. The Kier molecular flexibility index (Phi) is 7.63. The van der Waals surface area contributed by atoms with E-state index in [1.807, 2.05) is 41.1 Å². The lowest BCUT2D eigenvalue weighted by Gasteiger charge is -2.19. The predicted octanol–water partition coefficient (Wildman–Crippen LogP) is 2.92. The summed E-state index contributed by atoms with van der Waals surface area (Å²) in [4.78, 5) is 25.2. The minimum absolute atomic E-state index is 0.0905. The second-order valence-corrected chi connectivity index (χ2v) is 7.86. The molecule has 1 unspecified atom stereocenters. The van der Waals surface area contributed by atoms with E-state index in [0.29, 0.717) is 12.1 Å². The van der Waals surface area contributed by atoms with Gasteiger partial charge in [0.25, 0.3) is 11.8 Å². The van der Waals surface area contributed by atoms with Crippen LogP contribution in [0.15, 0.2) is 73.3 Å². The zero-order chi connectivity index (χ0) is 24.6. The average molecular weight is 477 g/mol. The van der Waals surface area contributed by atoms with Crippen LogP contribution in [0.4, 0.5) is 4.39 Å². The fourth-order valence-corrected chi connectivity index (χ4v) is 3.55. The minimum Gasteiger partial charge on any atom is -0.501 e. The maximum absolute atomic E-state index is 13.1. The van der Waals surface area contributed by atoms with E-state index in [1.54, 1.807) is 12.5 Å². The molecule has 0 aliphatic rings. The van der Waals surface area contributed by atoms with Crippen LogP contribution in [-0.4, -0.2) is 42.2 Å². The van der Waals surface area contributed by atoms with Gasteiger partial charge in [-0.25, -0.2) is 14.4 Å². The van der Waals surface area contributed by atoms with Crippen LogP contribution in [0.5, 0.6) is 11.6 Å². The first kappa shape index (κ1) is 23.8. The van der Waals surface area contributed by atoms with E-state index in [0.717, 1.165) is 18.5 Å². The van der Waals surface area contributed by atoms with E-state index in [-0.39, 0.29) is 23.9 Å². The number of hydrogen-bond donors (Lipinski definition) is 4. The second kappa shape index (κ2) is 11.2. The van der Waals surface area contributed by atoms with Gasteiger partial charge >= 0.3 is 0 Å². The molecule has 0 saturated heterocycles. The fourth-order valence-electron chi connectivity index (χ4n) is 3.55. The molecule has 0 spiro atoms. The van der Waals surface area contributed by atoms with Crippen LogP contribution in [0.3, 0.4) is 0 Å². The fraction of sp³-hybridized carbons (Fsp3) is 0.200. The maximum atomic E-state index is 13.1. The van der Waals surface area contributed by atoms with Gasteiger partial charge in [-0.1, -0.05) is 42.5 Å². The third-order valence-electron chi connectivity index (χ3n) is 5.36. The highest BCUT2D eigenvalue weighted by molar-refractivity contribution is 5.95. The molecule has 0 fully saturated rings. The lowest BCUT2D eigenvalue weighted by molar-refractivity contribution is 0.0941. The van der Waals surface area contributed by atoms with Crippen LogP contribution in [-0.2, 0) is 13.1 Å². The number of aryl methyl sites for hydroxylation is 1. The maximum Gasteiger partial charge on any atom is 0.274 e. The third kappa shape index (κ3) is 6.18. The second-order valence-electron chi connectivity index (χ2n) is 7.86. The number of nitrogens with zero attached hydrogens (tertiary/aromatic N) is 4. The molecule has 2 heterocycles. The molecule has 9 nitrogen and oxygen atoms in total. The molecule has 0 bridgehead atoms. The molecule has 0 saturated carbocycles. The summed E-state index contributed by atoms with van der Waals surface area (Å²) < 4.78 is 15.1. The van der Waals surface area contributed by atoms with Crippen LogP contribution in [0.2, 0.25) is 0 Å². The molecule has 1 atom stereocenters. The Morgan fingerprint density at radius 2 is 1.83 bits per heavy atom. The van der Waals surface area contributed by atoms with E-state index < -0.39 is 23.6 Å². The first-order valence-electron chi connectivity index (χ1n) is 11.1. The Labute approximate surface area is 201 Å². The molecular formula is C25H25FN6O3. The number of halogens is 1. The van der Waals surface area contributed by atoms with Gasteiger partial charge in [0, 0.05) is 25.5 Å². The van der Waals surface area contributed by atoms with Gasteiger partial charge < -0.3 is 25.4 Å². The molecule has 4 N–H and O–H groups in total. The Balaban J connectivity index is 1.53. The molecule has 0 radical (unpaired) electrons. The van der Waals surface area contributed by atoms with E-state index >= 15 is 0 Å². The molecule has 35 heavy (non-hydrogen) atoms. The van der Waals surface area contributed by atoms with Crippen LogP contribution in [0.1, 0.15) is 39.9 Å². The number of benzene rings is 2. The number of carbonyl (C=O) groups is 1. The summed E-state index contributed by atoms with van der Waals surface area (Å²) >= 11 is 0. The molecular weight excluding hydrogens is 451 g/mol. The van der Waals surface area contributed by atoms with Crippen molar-refractivity contribution in [3.63, 3.8) is 0 Å². The van der Waals surface area contributed by atoms with Gasteiger partial charge in [0.05, 0.1) is 12.4 Å². The van der Waals surface area contributed by atoms with Crippen molar-refractivity contribution in [3.05, 3.63) is 102 Å². The summed E-state index contributed by atoms with van der Waals surface area (Å²) in [5.74, 6) is -2.34. The van der Waals surface area contributed by atoms with E-state index in [2.05, 4.69) is 25.6 Å². The number of aromatic nitrogens is 4. The Hall–Kier alpha value is -4.31. The van der Waals surface area contributed by atoms with Gasteiger partial charge in [0.15, 0.2) is 11.5 Å². The highest BCUT2D eigenvalue weighted by atomic mass is 19.1. The highest BCUT2D eigenvalue weighted by Gasteiger charge is 2.24. The smallest absolute Gasteiger partial charge is 0.274 e. The lowest BCUT2D eigenvalue weighted by Crippen LogP contribution is -2.28. The number of carbonyl (C=O) groups excluding carboxylic acids is 1. The minimum atomic E-state index is -0.711. The van der Waals surface area contributed by atoms with Gasteiger partial charge in [0.2, 0.25) is 5.75 Å². The third-order valence-corrected chi connectivity index (χ3v) is 5.36. The van der Waals surface area contributed by atoms with Crippen LogP contribution < -0.4 is 10.6 Å². The molecule has 4 aromatic rings. The normalized spacial score (nSPS) is 11.8. The first-order chi connectivity index (χ1) is 17.0.